The number of carbonyl (C=O) groups excluding carboxylic acids is 1. The predicted molar refractivity (Wildman–Crippen MR) is 101 cm³/mol. The smallest absolute Gasteiger partial charge is 0.252 e. The van der Waals surface area contributed by atoms with Crippen molar-refractivity contribution in [1.82, 2.24) is 10.6 Å². The summed E-state index contributed by atoms with van der Waals surface area (Å²) in [5.74, 6) is -0.0753. The van der Waals surface area contributed by atoms with Crippen LogP contribution in [-0.2, 0) is 6.54 Å². The molecule has 25 heavy (non-hydrogen) atoms. The lowest BCUT2D eigenvalue weighted by Crippen LogP contribution is -2.30. The molecular weight excluding hydrogens is 308 g/mol. The van der Waals surface area contributed by atoms with Crippen LogP contribution in [0, 0.1) is 0 Å². The van der Waals surface area contributed by atoms with Crippen LogP contribution in [0.1, 0.15) is 33.1 Å². The lowest BCUT2D eigenvalue weighted by Gasteiger charge is -2.23. The van der Waals surface area contributed by atoms with E-state index in [1.165, 1.54) is 5.56 Å². The maximum Gasteiger partial charge on any atom is 0.252 e. The van der Waals surface area contributed by atoms with Crippen LogP contribution in [0.15, 0.2) is 84.9 Å². The molecule has 3 nitrogen and oxygen atoms in total. The SMILES string of the molecule is CNCc1ccccc1C(NC(=O)c1ccccc1)c1ccccc1. The van der Waals surface area contributed by atoms with Gasteiger partial charge in [0.25, 0.3) is 5.91 Å². The van der Waals surface area contributed by atoms with Gasteiger partial charge in [0.15, 0.2) is 0 Å². The van der Waals surface area contributed by atoms with Crippen molar-refractivity contribution < 1.29 is 4.79 Å². The highest BCUT2D eigenvalue weighted by Gasteiger charge is 2.20. The molecule has 1 atom stereocenters. The number of hydrogen-bond donors (Lipinski definition) is 2. The van der Waals surface area contributed by atoms with Gasteiger partial charge in [0.1, 0.15) is 0 Å². The summed E-state index contributed by atoms with van der Waals surface area (Å²) in [4.78, 5) is 12.7. The van der Waals surface area contributed by atoms with Gasteiger partial charge in [0.2, 0.25) is 0 Å². The maximum atomic E-state index is 12.7. The predicted octanol–water partition coefficient (Wildman–Crippen LogP) is 3.93. The van der Waals surface area contributed by atoms with Gasteiger partial charge < -0.3 is 10.6 Å². The van der Waals surface area contributed by atoms with Crippen LogP contribution < -0.4 is 10.6 Å². The van der Waals surface area contributed by atoms with Crippen LogP contribution in [0.5, 0.6) is 0 Å². The standard InChI is InChI=1S/C22H22N2O/c1-23-16-19-14-8-9-15-20(19)21(17-10-4-2-5-11-17)24-22(25)18-12-6-3-7-13-18/h2-15,21,23H,16H2,1H3,(H,24,25). The van der Waals surface area contributed by atoms with E-state index in [2.05, 4.69) is 22.8 Å². The van der Waals surface area contributed by atoms with E-state index in [9.17, 15) is 4.79 Å². The zero-order valence-corrected chi connectivity index (χ0v) is 14.3. The topological polar surface area (TPSA) is 41.1 Å². The number of nitrogens with one attached hydrogen (secondary N) is 2. The Bertz CT molecular complexity index is 816. The fourth-order valence-corrected chi connectivity index (χ4v) is 2.96. The average molecular weight is 330 g/mol. The third-order valence-corrected chi connectivity index (χ3v) is 4.18. The second-order valence-electron chi connectivity index (χ2n) is 5.91. The van der Waals surface area contributed by atoms with Crippen LogP contribution in [0.25, 0.3) is 0 Å². The maximum absolute atomic E-state index is 12.7. The molecule has 0 spiro atoms. The lowest BCUT2D eigenvalue weighted by atomic mass is 9.94. The molecule has 1 unspecified atom stereocenters. The van der Waals surface area contributed by atoms with E-state index in [0.717, 1.165) is 17.7 Å². The summed E-state index contributed by atoms with van der Waals surface area (Å²) in [5.41, 5.74) is 4.00. The minimum absolute atomic E-state index is 0.0753. The molecule has 0 bridgehead atoms. The molecule has 3 aromatic rings. The zero-order chi connectivity index (χ0) is 17.5. The summed E-state index contributed by atoms with van der Waals surface area (Å²) >= 11 is 0. The Labute approximate surface area is 148 Å². The van der Waals surface area contributed by atoms with Gasteiger partial charge >= 0.3 is 0 Å². The Morgan fingerprint density at radius 3 is 2.12 bits per heavy atom. The first-order valence-corrected chi connectivity index (χ1v) is 8.43. The number of amides is 1. The molecule has 1 amide bonds. The molecule has 3 heteroatoms. The minimum Gasteiger partial charge on any atom is -0.341 e. The molecule has 2 N–H and O–H groups in total. The molecule has 0 aliphatic rings. The first-order valence-electron chi connectivity index (χ1n) is 8.43. The van der Waals surface area contributed by atoms with Crippen LogP contribution in [0.4, 0.5) is 0 Å². The van der Waals surface area contributed by atoms with E-state index in [4.69, 9.17) is 0 Å². The molecule has 3 aromatic carbocycles. The third-order valence-electron chi connectivity index (χ3n) is 4.18. The molecule has 3 rings (SSSR count). The van der Waals surface area contributed by atoms with Gasteiger partial charge in [-0.05, 0) is 35.9 Å². The second kappa shape index (κ2) is 8.27. The van der Waals surface area contributed by atoms with E-state index >= 15 is 0 Å². The van der Waals surface area contributed by atoms with Crippen LogP contribution in [-0.4, -0.2) is 13.0 Å². The van der Waals surface area contributed by atoms with Crippen molar-refractivity contribution >= 4 is 5.91 Å². The Morgan fingerprint density at radius 1 is 0.840 bits per heavy atom. The zero-order valence-electron chi connectivity index (χ0n) is 14.3. The van der Waals surface area contributed by atoms with Crippen LogP contribution >= 0.6 is 0 Å². The van der Waals surface area contributed by atoms with E-state index in [0.29, 0.717) is 5.56 Å². The summed E-state index contributed by atoms with van der Waals surface area (Å²) in [6, 6.07) is 27.4. The molecule has 0 fully saturated rings. The van der Waals surface area contributed by atoms with E-state index in [-0.39, 0.29) is 11.9 Å². The highest BCUT2D eigenvalue weighted by Crippen LogP contribution is 2.25. The van der Waals surface area contributed by atoms with Gasteiger partial charge in [-0.2, -0.15) is 0 Å². The van der Waals surface area contributed by atoms with Crippen LogP contribution in [0.2, 0.25) is 0 Å². The summed E-state index contributed by atoms with van der Waals surface area (Å²) in [5, 5.41) is 6.40. The Kier molecular flexibility index (Phi) is 5.60. The van der Waals surface area contributed by atoms with Gasteiger partial charge in [-0.15, -0.1) is 0 Å². The highest BCUT2D eigenvalue weighted by atomic mass is 16.1. The van der Waals surface area contributed by atoms with Crippen molar-refractivity contribution in [2.75, 3.05) is 7.05 Å². The van der Waals surface area contributed by atoms with Gasteiger partial charge in [-0.25, -0.2) is 0 Å². The summed E-state index contributed by atoms with van der Waals surface area (Å²) < 4.78 is 0. The minimum atomic E-state index is -0.196. The fraction of sp³-hybridized carbons (Fsp3) is 0.136. The average Bonchev–Trinajstić information content (AvgIpc) is 2.68. The first-order chi connectivity index (χ1) is 12.3. The lowest BCUT2D eigenvalue weighted by molar-refractivity contribution is 0.0943. The number of hydrogen-bond acceptors (Lipinski definition) is 2. The van der Waals surface area contributed by atoms with Gasteiger partial charge in [-0.1, -0.05) is 72.8 Å². The second-order valence-corrected chi connectivity index (χ2v) is 5.91. The van der Waals surface area contributed by atoms with E-state index < -0.39 is 0 Å². The molecular formula is C22H22N2O. The van der Waals surface area contributed by atoms with E-state index in [1.54, 1.807) is 0 Å². The van der Waals surface area contributed by atoms with Gasteiger partial charge in [0.05, 0.1) is 6.04 Å². The molecule has 0 aliphatic carbocycles. The Morgan fingerprint density at radius 2 is 1.44 bits per heavy atom. The van der Waals surface area contributed by atoms with Crippen molar-refractivity contribution in [3.05, 3.63) is 107 Å². The quantitative estimate of drug-likeness (QED) is 0.719. The molecule has 0 saturated heterocycles. The van der Waals surface area contributed by atoms with Crippen LogP contribution in [0.3, 0.4) is 0 Å². The van der Waals surface area contributed by atoms with E-state index in [1.807, 2.05) is 79.8 Å². The monoisotopic (exact) mass is 330 g/mol. The molecule has 0 saturated carbocycles. The molecule has 0 heterocycles. The van der Waals surface area contributed by atoms with Crippen molar-refractivity contribution in [2.45, 2.75) is 12.6 Å². The number of carbonyl (C=O) groups is 1. The molecule has 0 aromatic heterocycles. The highest BCUT2D eigenvalue weighted by molar-refractivity contribution is 5.94. The van der Waals surface area contributed by atoms with Gasteiger partial charge in [-0.3, -0.25) is 4.79 Å². The van der Waals surface area contributed by atoms with Crippen molar-refractivity contribution in [2.24, 2.45) is 0 Å². The molecule has 0 aliphatic heterocycles. The summed E-state index contributed by atoms with van der Waals surface area (Å²) in [6.45, 7) is 0.751. The van der Waals surface area contributed by atoms with Gasteiger partial charge in [0, 0.05) is 12.1 Å². The number of rotatable bonds is 6. The Hall–Kier alpha value is -2.91. The molecule has 0 radical (unpaired) electrons. The normalized spacial score (nSPS) is 11.7. The van der Waals surface area contributed by atoms with Crippen molar-refractivity contribution in [3.63, 3.8) is 0 Å². The van der Waals surface area contributed by atoms with Crippen molar-refractivity contribution in [3.8, 4) is 0 Å². The van der Waals surface area contributed by atoms with Crippen molar-refractivity contribution in [1.29, 1.82) is 0 Å². The largest absolute Gasteiger partial charge is 0.341 e. The first kappa shape index (κ1) is 16.9. The Balaban J connectivity index is 1.98. The number of benzene rings is 3. The fourth-order valence-electron chi connectivity index (χ4n) is 2.96. The third kappa shape index (κ3) is 4.14. The molecule has 126 valence electrons. The summed E-state index contributed by atoms with van der Waals surface area (Å²) in [7, 11) is 1.93. The summed E-state index contributed by atoms with van der Waals surface area (Å²) in [6.07, 6.45) is 0.